The smallest absolute Gasteiger partial charge is 0.343 e. The molecule has 0 atom stereocenters. The molecule has 0 unspecified atom stereocenters. The van der Waals surface area contributed by atoms with E-state index in [1.54, 1.807) is 0 Å². The summed E-state index contributed by atoms with van der Waals surface area (Å²) in [7, 11) is 0. The van der Waals surface area contributed by atoms with E-state index in [1.165, 1.54) is 36.8 Å². The standard InChI is InChI=1S/C22H20ClF3N6O3/c23-6-1-5-21(34-8-9-35-21)16-12-29-30-13-17(16)31-20(33)14-4-7-27-19(10-14)32-18-3-2-15(11-28-18)22(24,25)26/h2-4,7,10-13H,1,5-6,8-9H2,(H,27,28,32)(H,29,31,33). The number of anilines is 3. The Kier molecular flexibility index (Phi) is 7.43. The zero-order chi connectivity index (χ0) is 24.9. The number of halogens is 4. The van der Waals surface area contributed by atoms with Crippen molar-refractivity contribution in [2.24, 2.45) is 0 Å². The van der Waals surface area contributed by atoms with Gasteiger partial charge in [0.05, 0.1) is 42.4 Å². The molecule has 0 saturated carbocycles. The Hall–Kier alpha value is -3.35. The van der Waals surface area contributed by atoms with Crippen LogP contribution in [0.4, 0.5) is 30.5 Å². The van der Waals surface area contributed by atoms with Gasteiger partial charge in [0.1, 0.15) is 11.6 Å². The van der Waals surface area contributed by atoms with Gasteiger partial charge in [0, 0.05) is 30.3 Å². The van der Waals surface area contributed by atoms with Crippen molar-refractivity contribution in [2.75, 3.05) is 29.7 Å². The molecule has 0 spiro atoms. The number of amides is 1. The van der Waals surface area contributed by atoms with Gasteiger partial charge in [0.15, 0.2) is 5.79 Å². The number of carbonyl (C=O) groups excluding carboxylic acids is 1. The number of aromatic nitrogens is 4. The van der Waals surface area contributed by atoms with Gasteiger partial charge in [0.2, 0.25) is 0 Å². The quantitative estimate of drug-likeness (QED) is 0.428. The van der Waals surface area contributed by atoms with Gasteiger partial charge < -0.3 is 20.1 Å². The van der Waals surface area contributed by atoms with Crippen molar-refractivity contribution >= 4 is 34.8 Å². The van der Waals surface area contributed by atoms with Crippen LogP contribution in [0, 0.1) is 0 Å². The third-order valence-electron chi connectivity index (χ3n) is 5.15. The molecule has 13 heteroatoms. The number of alkyl halides is 4. The number of carbonyl (C=O) groups is 1. The molecule has 0 bridgehead atoms. The third-order valence-corrected chi connectivity index (χ3v) is 5.42. The zero-order valence-electron chi connectivity index (χ0n) is 18.2. The van der Waals surface area contributed by atoms with Gasteiger partial charge in [-0.15, -0.1) is 11.6 Å². The zero-order valence-corrected chi connectivity index (χ0v) is 18.9. The van der Waals surface area contributed by atoms with E-state index < -0.39 is 23.4 Å². The summed E-state index contributed by atoms with van der Waals surface area (Å²) in [6.45, 7) is 0.769. The normalized spacial score (nSPS) is 15.1. The molecular formula is C22H20ClF3N6O3. The molecule has 9 nitrogen and oxygen atoms in total. The van der Waals surface area contributed by atoms with Crippen LogP contribution in [-0.2, 0) is 21.4 Å². The number of pyridine rings is 2. The van der Waals surface area contributed by atoms with Crippen LogP contribution in [0.25, 0.3) is 0 Å². The lowest BCUT2D eigenvalue weighted by Gasteiger charge is -2.29. The minimum absolute atomic E-state index is 0.139. The van der Waals surface area contributed by atoms with Crippen molar-refractivity contribution in [3.63, 3.8) is 0 Å². The van der Waals surface area contributed by atoms with Crippen molar-refractivity contribution in [2.45, 2.75) is 24.8 Å². The predicted molar refractivity (Wildman–Crippen MR) is 120 cm³/mol. The number of ether oxygens (including phenoxy) is 2. The second-order valence-corrected chi connectivity index (χ2v) is 7.88. The Morgan fingerprint density at radius 1 is 1.06 bits per heavy atom. The lowest BCUT2D eigenvalue weighted by Crippen LogP contribution is -2.30. The first-order valence-electron chi connectivity index (χ1n) is 10.5. The highest BCUT2D eigenvalue weighted by Gasteiger charge is 2.40. The lowest BCUT2D eigenvalue weighted by atomic mass is 10.0. The van der Waals surface area contributed by atoms with E-state index in [-0.39, 0.29) is 17.2 Å². The molecule has 0 radical (unpaired) electrons. The van der Waals surface area contributed by atoms with E-state index in [2.05, 4.69) is 30.8 Å². The van der Waals surface area contributed by atoms with Crippen molar-refractivity contribution in [1.82, 2.24) is 20.2 Å². The Morgan fingerprint density at radius 2 is 1.83 bits per heavy atom. The largest absolute Gasteiger partial charge is 0.417 e. The molecule has 3 aromatic rings. The van der Waals surface area contributed by atoms with Gasteiger partial charge >= 0.3 is 6.18 Å². The fourth-order valence-electron chi connectivity index (χ4n) is 3.51. The molecule has 4 rings (SSSR count). The molecule has 0 aliphatic carbocycles. The third kappa shape index (κ3) is 5.84. The molecule has 1 saturated heterocycles. The van der Waals surface area contributed by atoms with Crippen LogP contribution in [0.1, 0.15) is 34.3 Å². The van der Waals surface area contributed by atoms with Gasteiger partial charge in [-0.3, -0.25) is 4.79 Å². The number of nitrogens with one attached hydrogen (secondary N) is 2. The summed E-state index contributed by atoms with van der Waals surface area (Å²) in [5.41, 5.74) is 0.243. The van der Waals surface area contributed by atoms with E-state index in [9.17, 15) is 18.0 Å². The topological polar surface area (TPSA) is 111 Å². The Balaban J connectivity index is 1.51. The molecule has 35 heavy (non-hydrogen) atoms. The molecule has 184 valence electrons. The minimum atomic E-state index is -4.49. The lowest BCUT2D eigenvalue weighted by molar-refractivity contribution is -0.170. The summed E-state index contributed by atoms with van der Waals surface area (Å²) in [6.07, 6.45) is 1.57. The molecule has 2 N–H and O–H groups in total. The summed E-state index contributed by atoms with van der Waals surface area (Å²) >= 11 is 5.86. The van der Waals surface area contributed by atoms with Crippen molar-refractivity contribution < 1.29 is 27.4 Å². The second-order valence-electron chi connectivity index (χ2n) is 7.50. The van der Waals surface area contributed by atoms with E-state index in [1.807, 2.05) is 0 Å². The Morgan fingerprint density at radius 3 is 2.51 bits per heavy atom. The van der Waals surface area contributed by atoms with Gasteiger partial charge in [-0.2, -0.15) is 23.4 Å². The van der Waals surface area contributed by atoms with E-state index in [0.717, 1.165) is 6.07 Å². The van der Waals surface area contributed by atoms with Crippen LogP contribution in [-0.4, -0.2) is 45.2 Å². The molecule has 1 fully saturated rings. The Labute approximate surface area is 203 Å². The van der Waals surface area contributed by atoms with Gasteiger partial charge in [-0.05, 0) is 30.7 Å². The first-order chi connectivity index (χ1) is 16.8. The van der Waals surface area contributed by atoms with Crippen LogP contribution < -0.4 is 10.6 Å². The van der Waals surface area contributed by atoms with Gasteiger partial charge in [0.25, 0.3) is 5.91 Å². The van der Waals surface area contributed by atoms with Crippen LogP contribution in [0.5, 0.6) is 0 Å². The molecule has 3 aromatic heterocycles. The number of hydrogen-bond donors (Lipinski definition) is 2. The monoisotopic (exact) mass is 508 g/mol. The maximum absolute atomic E-state index is 13.0. The summed E-state index contributed by atoms with van der Waals surface area (Å²) in [5.74, 6) is -0.794. The summed E-state index contributed by atoms with van der Waals surface area (Å²) < 4.78 is 49.9. The fourth-order valence-corrected chi connectivity index (χ4v) is 3.65. The van der Waals surface area contributed by atoms with Crippen molar-refractivity contribution in [3.8, 4) is 0 Å². The average Bonchev–Trinajstić information content (AvgIpc) is 3.33. The molecule has 0 aromatic carbocycles. The highest BCUT2D eigenvalue weighted by molar-refractivity contribution is 6.17. The van der Waals surface area contributed by atoms with Gasteiger partial charge in [-0.25, -0.2) is 9.97 Å². The van der Waals surface area contributed by atoms with Crippen LogP contribution in [0.15, 0.2) is 49.1 Å². The first kappa shape index (κ1) is 24.8. The number of rotatable bonds is 8. The second kappa shape index (κ2) is 10.5. The molecule has 1 amide bonds. The van der Waals surface area contributed by atoms with Crippen molar-refractivity contribution in [3.05, 3.63) is 65.7 Å². The number of hydrogen-bond acceptors (Lipinski definition) is 8. The fraction of sp³-hybridized carbons (Fsp3) is 0.318. The molecule has 1 aliphatic rings. The molecule has 4 heterocycles. The summed E-state index contributed by atoms with van der Waals surface area (Å²) in [5, 5.41) is 13.3. The number of nitrogens with zero attached hydrogens (tertiary/aromatic N) is 4. The SMILES string of the molecule is O=C(Nc1cnncc1C1(CCCCl)OCCO1)c1ccnc(Nc2ccc(C(F)(F)F)cn2)c1. The molecule has 1 aliphatic heterocycles. The maximum Gasteiger partial charge on any atom is 0.417 e. The maximum atomic E-state index is 13.0. The average molecular weight is 509 g/mol. The highest BCUT2D eigenvalue weighted by Crippen LogP contribution is 2.39. The minimum Gasteiger partial charge on any atom is -0.343 e. The summed E-state index contributed by atoms with van der Waals surface area (Å²) in [4.78, 5) is 20.8. The first-order valence-corrected chi connectivity index (χ1v) is 11.1. The van der Waals surface area contributed by atoms with Crippen molar-refractivity contribution in [1.29, 1.82) is 0 Å². The van der Waals surface area contributed by atoms with Crippen LogP contribution in [0.3, 0.4) is 0 Å². The van der Waals surface area contributed by atoms with E-state index in [4.69, 9.17) is 21.1 Å². The predicted octanol–water partition coefficient (Wildman–Crippen LogP) is 4.50. The van der Waals surface area contributed by atoms with Crippen LogP contribution in [0.2, 0.25) is 0 Å². The van der Waals surface area contributed by atoms with Crippen LogP contribution >= 0.6 is 11.6 Å². The van der Waals surface area contributed by atoms with Gasteiger partial charge in [-0.1, -0.05) is 0 Å². The van der Waals surface area contributed by atoms with E-state index in [0.29, 0.717) is 49.4 Å². The summed E-state index contributed by atoms with van der Waals surface area (Å²) in [6, 6.07) is 5.00. The molecular weight excluding hydrogens is 489 g/mol. The highest BCUT2D eigenvalue weighted by atomic mass is 35.5. The van der Waals surface area contributed by atoms with E-state index >= 15 is 0 Å². The Bertz CT molecular complexity index is 1170.